The molecule has 0 aromatic heterocycles. The van der Waals surface area contributed by atoms with Gasteiger partial charge in [-0.15, -0.1) is 0 Å². The summed E-state index contributed by atoms with van der Waals surface area (Å²) in [6, 6.07) is 0. The van der Waals surface area contributed by atoms with Gasteiger partial charge < -0.3 is 29.9 Å². The van der Waals surface area contributed by atoms with Gasteiger partial charge in [-0.25, -0.2) is 0 Å². The van der Waals surface area contributed by atoms with Crippen molar-refractivity contribution in [2.45, 2.75) is 37.8 Å². The second-order valence-electron chi connectivity index (χ2n) is 4.42. The molecule has 94 valence electrons. The lowest BCUT2D eigenvalue weighted by atomic mass is 10.1. The lowest BCUT2D eigenvalue weighted by molar-refractivity contribution is -0.134. The van der Waals surface area contributed by atoms with E-state index in [-0.39, 0.29) is 12.5 Å². The molecule has 3 N–H and O–H groups in total. The minimum absolute atomic E-state index is 0.195. The Labute approximate surface area is 97.6 Å². The monoisotopic (exact) mass is 242 g/mol. The van der Waals surface area contributed by atoms with Gasteiger partial charge in [0.15, 0.2) is 6.23 Å². The number of hydrogen-bond acceptors (Lipinski definition) is 6. The fourth-order valence-electron chi connectivity index (χ4n) is 2.37. The number of nitrogens with zero attached hydrogens (tertiary/aromatic N) is 1. The number of rotatable bonds is 1. The molecule has 0 radical (unpaired) electrons. The van der Waals surface area contributed by atoms with Crippen molar-refractivity contribution in [2.24, 2.45) is 0 Å². The van der Waals surface area contributed by atoms with Crippen molar-refractivity contribution in [1.82, 2.24) is 10.2 Å². The first-order valence-electron chi connectivity index (χ1n) is 5.48. The molecule has 0 aromatic rings. The quantitative estimate of drug-likeness (QED) is 0.496. The van der Waals surface area contributed by atoms with E-state index in [1.165, 1.54) is 0 Å². The Kier molecular flexibility index (Phi) is 2.37. The lowest BCUT2D eigenvalue weighted by Gasteiger charge is -2.31. The van der Waals surface area contributed by atoms with E-state index in [1.807, 2.05) is 0 Å². The van der Waals surface area contributed by atoms with Crippen LogP contribution in [0.25, 0.3) is 0 Å². The molecule has 0 aliphatic carbocycles. The number of amides is 1. The molecule has 1 unspecified atom stereocenters. The second kappa shape index (κ2) is 3.67. The molecule has 0 bridgehead atoms. The van der Waals surface area contributed by atoms with Gasteiger partial charge in [0.05, 0.1) is 6.61 Å². The molecular weight excluding hydrogens is 228 g/mol. The van der Waals surface area contributed by atoms with Gasteiger partial charge in [-0.3, -0.25) is 4.79 Å². The number of nitrogens with one attached hydrogen (secondary N) is 1. The molecule has 7 nitrogen and oxygen atoms in total. The summed E-state index contributed by atoms with van der Waals surface area (Å²) in [5.74, 6) is -0.195. The smallest absolute Gasteiger partial charge is 0.251 e. The van der Waals surface area contributed by atoms with Gasteiger partial charge in [0.2, 0.25) is 6.35 Å². The van der Waals surface area contributed by atoms with Crippen molar-refractivity contribution in [3.63, 3.8) is 0 Å². The lowest BCUT2D eigenvalue weighted by Crippen LogP contribution is -2.50. The van der Waals surface area contributed by atoms with Crippen LogP contribution in [0.5, 0.6) is 0 Å². The summed E-state index contributed by atoms with van der Waals surface area (Å²) in [7, 11) is 0. The highest BCUT2D eigenvalue weighted by molar-refractivity contribution is 5.93. The Morgan fingerprint density at radius 3 is 3.00 bits per heavy atom. The Balaban J connectivity index is 1.86. The van der Waals surface area contributed by atoms with Gasteiger partial charge in [-0.2, -0.15) is 0 Å². The zero-order valence-corrected chi connectivity index (χ0v) is 9.24. The second-order valence-corrected chi connectivity index (χ2v) is 4.42. The highest BCUT2D eigenvalue weighted by Gasteiger charge is 2.55. The van der Waals surface area contributed by atoms with Crippen LogP contribution in [0.15, 0.2) is 11.8 Å². The normalized spacial score (nSPS) is 44.2. The van der Waals surface area contributed by atoms with Crippen LogP contribution in [-0.4, -0.2) is 58.5 Å². The first-order chi connectivity index (χ1) is 8.11. The number of ether oxygens (including phenoxy) is 2. The van der Waals surface area contributed by atoms with Gasteiger partial charge >= 0.3 is 0 Å². The number of fused-ring (bicyclic) bond motifs is 3. The van der Waals surface area contributed by atoms with Gasteiger partial charge in [0.25, 0.3) is 5.91 Å². The van der Waals surface area contributed by atoms with E-state index in [1.54, 1.807) is 18.0 Å². The van der Waals surface area contributed by atoms with E-state index in [9.17, 15) is 9.90 Å². The van der Waals surface area contributed by atoms with E-state index in [2.05, 4.69) is 5.32 Å². The molecule has 17 heavy (non-hydrogen) atoms. The minimum Gasteiger partial charge on any atom is -0.394 e. The summed E-state index contributed by atoms with van der Waals surface area (Å²) >= 11 is 0. The molecule has 5 atom stereocenters. The first-order valence-corrected chi connectivity index (χ1v) is 5.48. The molecule has 2 saturated heterocycles. The highest BCUT2D eigenvalue weighted by atomic mass is 16.6. The zero-order chi connectivity index (χ0) is 12.2. The van der Waals surface area contributed by atoms with Crippen LogP contribution in [0, 0.1) is 0 Å². The molecule has 3 aliphatic rings. The van der Waals surface area contributed by atoms with Crippen LogP contribution >= 0.6 is 0 Å². The number of hydrogen-bond donors (Lipinski definition) is 3. The molecular formula is C10H14N2O5. The molecule has 1 amide bonds. The van der Waals surface area contributed by atoms with Crippen LogP contribution in [0.1, 0.15) is 6.92 Å². The van der Waals surface area contributed by atoms with Crippen LogP contribution in [0.3, 0.4) is 0 Å². The van der Waals surface area contributed by atoms with Crippen molar-refractivity contribution in [2.75, 3.05) is 6.61 Å². The molecule has 7 heteroatoms. The maximum atomic E-state index is 11.4. The average Bonchev–Trinajstić information content (AvgIpc) is 2.78. The van der Waals surface area contributed by atoms with E-state index < -0.39 is 30.9 Å². The van der Waals surface area contributed by atoms with Crippen LogP contribution in [0.2, 0.25) is 0 Å². The van der Waals surface area contributed by atoms with Crippen LogP contribution in [0.4, 0.5) is 0 Å². The van der Waals surface area contributed by atoms with Gasteiger partial charge in [-0.05, 0) is 6.92 Å². The predicted molar refractivity (Wildman–Crippen MR) is 54.2 cm³/mol. The third-order valence-electron chi connectivity index (χ3n) is 3.30. The summed E-state index contributed by atoms with van der Waals surface area (Å²) in [5.41, 5.74) is 0.552. The van der Waals surface area contributed by atoms with Crippen molar-refractivity contribution >= 4 is 5.91 Å². The van der Waals surface area contributed by atoms with Gasteiger partial charge in [-0.1, -0.05) is 0 Å². The Morgan fingerprint density at radius 1 is 1.53 bits per heavy atom. The Morgan fingerprint density at radius 2 is 2.29 bits per heavy atom. The largest absolute Gasteiger partial charge is 0.394 e. The van der Waals surface area contributed by atoms with E-state index in [4.69, 9.17) is 14.6 Å². The van der Waals surface area contributed by atoms with Gasteiger partial charge in [0, 0.05) is 11.8 Å². The van der Waals surface area contributed by atoms with Crippen molar-refractivity contribution < 1.29 is 24.5 Å². The maximum Gasteiger partial charge on any atom is 0.251 e. The maximum absolute atomic E-state index is 11.4. The van der Waals surface area contributed by atoms with Crippen molar-refractivity contribution in [1.29, 1.82) is 0 Å². The average molecular weight is 242 g/mol. The number of aliphatic hydroxyl groups is 2. The fraction of sp³-hybridized carbons (Fsp3) is 0.700. The highest BCUT2D eigenvalue weighted by Crippen LogP contribution is 2.35. The van der Waals surface area contributed by atoms with E-state index in [0.29, 0.717) is 5.57 Å². The third-order valence-corrected chi connectivity index (χ3v) is 3.30. The Hall–Kier alpha value is -1.15. The minimum atomic E-state index is -0.888. The topological polar surface area (TPSA) is 91.3 Å². The zero-order valence-electron chi connectivity index (χ0n) is 9.24. The number of aliphatic hydroxyl groups excluding tert-OH is 2. The van der Waals surface area contributed by atoms with Crippen LogP contribution < -0.4 is 5.32 Å². The van der Waals surface area contributed by atoms with E-state index >= 15 is 0 Å². The summed E-state index contributed by atoms with van der Waals surface area (Å²) in [4.78, 5) is 13.1. The summed E-state index contributed by atoms with van der Waals surface area (Å²) < 4.78 is 11.0. The summed E-state index contributed by atoms with van der Waals surface area (Å²) in [6.07, 6.45) is -1.50. The molecule has 3 rings (SSSR count). The number of carbonyl (C=O) groups excluding carboxylic acids is 1. The fourth-order valence-corrected chi connectivity index (χ4v) is 2.37. The van der Waals surface area contributed by atoms with Crippen LogP contribution in [-0.2, 0) is 14.3 Å². The van der Waals surface area contributed by atoms with Gasteiger partial charge in [0.1, 0.15) is 18.3 Å². The molecule has 2 fully saturated rings. The summed E-state index contributed by atoms with van der Waals surface area (Å²) in [5, 5.41) is 21.6. The molecule has 3 aliphatic heterocycles. The molecule has 0 spiro atoms. The predicted octanol–water partition coefficient (Wildman–Crippen LogP) is -1.92. The van der Waals surface area contributed by atoms with E-state index in [0.717, 1.165) is 0 Å². The van der Waals surface area contributed by atoms with Crippen molar-refractivity contribution in [3.8, 4) is 0 Å². The first kappa shape index (κ1) is 11.0. The SMILES string of the molecule is CC1=CN2C(NC1=O)O[C@@H]1[C@H](O)[C@@H](CO)O[C@H]12. The number of carbonyl (C=O) groups is 1. The third kappa shape index (κ3) is 1.47. The van der Waals surface area contributed by atoms with Crippen molar-refractivity contribution in [3.05, 3.63) is 11.8 Å². The Bertz CT molecular complexity index is 385. The standard InChI is InChI=1S/C10H14N2O5/c1-4-2-12-9-7(6(14)5(3-13)16-9)17-10(12)11-8(4)15/h2,5-7,9-10,13-14H,3H2,1H3,(H,11,15)/t5-,6-,7-,9-,10?/m1/s1. The summed E-state index contributed by atoms with van der Waals surface area (Å²) in [6.45, 7) is 1.43. The molecule has 0 saturated carbocycles. The molecule has 3 heterocycles. The molecule has 0 aromatic carbocycles.